The van der Waals surface area contributed by atoms with E-state index in [9.17, 15) is 4.39 Å². The summed E-state index contributed by atoms with van der Waals surface area (Å²) in [7, 11) is 0. The Morgan fingerprint density at radius 2 is 2.12 bits per heavy atom. The van der Waals surface area contributed by atoms with Gasteiger partial charge in [0.15, 0.2) is 0 Å². The van der Waals surface area contributed by atoms with Crippen LogP contribution in [0, 0.1) is 23.1 Å². The van der Waals surface area contributed by atoms with Crippen molar-refractivity contribution in [3.05, 3.63) is 35.6 Å². The molecule has 0 radical (unpaired) electrons. The summed E-state index contributed by atoms with van der Waals surface area (Å²) in [6, 6.07) is 8.92. The van der Waals surface area contributed by atoms with Crippen molar-refractivity contribution in [2.45, 2.75) is 19.4 Å². The number of halogens is 1. The minimum atomic E-state index is -0.197. The first-order valence-electron chi connectivity index (χ1n) is 5.64. The highest BCUT2D eigenvalue weighted by Crippen LogP contribution is 2.17. The zero-order chi connectivity index (χ0) is 11.4. The molecule has 0 saturated carbocycles. The van der Waals surface area contributed by atoms with Crippen molar-refractivity contribution < 1.29 is 4.39 Å². The fraction of sp³-hybridized carbons (Fsp3) is 0.462. The van der Waals surface area contributed by atoms with E-state index < -0.39 is 0 Å². The second-order valence-electron chi connectivity index (χ2n) is 4.33. The van der Waals surface area contributed by atoms with E-state index in [0.29, 0.717) is 0 Å². The van der Waals surface area contributed by atoms with Crippen LogP contribution in [0.25, 0.3) is 0 Å². The molecule has 0 spiro atoms. The van der Waals surface area contributed by atoms with Crippen LogP contribution in [0.15, 0.2) is 24.3 Å². The predicted molar refractivity (Wildman–Crippen MR) is 60.0 cm³/mol. The zero-order valence-corrected chi connectivity index (χ0v) is 9.19. The van der Waals surface area contributed by atoms with Gasteiger partial charge >= 0.3 is 0 Å². The molecule has 1 heterocycles. The number of likely N-dealkylation sites (tertiary alicyclic amines) is 1. The average molecular weight is 218 g/mol. The van der Waals surface area contributed by atoms with Gasteiger partial charge in [0.1, 0.15) is 5.82 Å². The van der Waals surface area contributed by atoms with E-state index in [1.54, 1.807) is 0 Å². The van der Waals surface area contributed by atoms with Gasteiger partial charge in [-0.1, -0.05) is 12.1 Å². The SMILES string of the molecule is N#C[C@H]1CCCN(Cc2ccc(F)cc2)C1. The maximum atomic E-state index is 12.7. The number of piperidine rings is 1. The second kappa shape index (κ2) is 5.09. The molecule has 0 unspecified atom stereocenters. The number of rotatable bonds is 2. The number of hydrogen-bond donors (Lipinski definition) is 0. The van der Waals surface area contributed by atoms with Gasteiger partial charge in [0.2, 0.25) is 0 Å². The fourth-order valence-corrected chi connectivity index (χ4v) is 2.15. The Morgan fingerprint density at radius 1 is 1.38 bits per heavy atom. The summed E-state index contributed by atoms with van der Waals surface area (Å²) in [5.41, 5.74) is 1.11. The quantitative estimate of drug-likeness (QED) is 0.762. The summed E-state index contributed by atoms with van der Waals surface area (Å²) in [6.07, 6.45) is 2.09. The molecule has 1 atom stereocenters. The molecule has 84 valence electrons. The molecule has 1 aliphatic rings. The lowest BCUT2D eigenvalue weighted by Gasteiger charge is -2.29. The third-order valence-corrected chi connectivity index (χ3v) is 3.01. The first kappa shape index (κ1) is 11.1. The van der Waals surface area contributed by atoms with E-state index >= 15 is 0 Å². The smallest absolute Gasteiger partial charge is 0.123 e. The van der Waals surface area contributed by atoms with Crippen LogP contribution in [0.2, 0.25) is 0 Å². The molecule has 0 N–H and O–H groups in total. The molecule has 0 aromatic heterocycles. The Hall–Kier alpha value is -1.40. The Bertz CT molecular complexity index is 380. The molecular formula is C13H15FN2. The van der Waals surface area contributed by atoms with Crippen LogP contribution in [0.1, 0.15) is 18.4 Å². The minimum Gasteiger partial charge on any atom is -0.298 e. The Balaban J connectivity index is 1.94. The Kier molecular flexibility index (Phi) is 3.53. The first-order chi connectivity index (χ1) is 7.78. The summed E-state index contributed by atoms with van der Waals surface area (Å²) >= 11 is 0. The van der Waals surface area contributed by atoms with Crippen molar-refractivity contribution in [2.24, 2.45) is 5.92 Å². The van der Waals surface area contributed by atoms with Gasteiger partial charge < -0.3 is 0 Å². The van der Waals surface area contributed by atoms with Crippen LogP contribution < -0.4 is 0 Å². The minimum absolute atomic E-state index is 0.161. The van der Waals surface area contributed by atoms with E-state index in [1.807, 2.05) is 12.1 Å². The molecule has 1 saturated heterocycles. The highest BCUT2D eigenvalue weighted by atomic mass is 19.1. The first-order valence-corrected chi connectivity index (χ1v) is 5.64. The molecule has 2 nitrogen and oxygen atoms in total. The third kappa shape index (κ3) is 2.80. The largest absolute Gasteiger partial charge is 0.298 e. The van der Waals surface area contributed by atoms with Crippen LogP contribution in [-0.2, 0) is 6.54 Å². The number of nitrogens with zero attached hydrogens (tertiary/aromatic N) is 2. The van der Waals surface area contributed by atoms with Crippen molar-refractivity contribution in [1.82, 2.24) is 4.90 Å². The number of hydrogen-bond acceptors (Lipinski definition) is 2. The van der Waals surface area contributed by atoms with E-state index in [1.165, 1.54) is 12.1 Å². The van der Waals surface area contributed by atoms with Gasteiger partial charge in [-0.05, 0) is 37.1 Å². The molecule has 0 amide bonds. The van der Waals surface area contributed by atoms with Crippen LogP contribution in [0.5, 0.6) is 0 Å². The molecule has 3 heteroatoms. The van der Waals surface area contributed by atoms with Gasteiger partial charge in [0, 0.05) is 13.1 Å². The topological polar surface area (TPSA) is 27.0 Å². The number of benzene rings is 1. The summed E-state index contributed by atoms with van der Waals surface area (Å²) in [4.78, 5) is 2.27. The second-order valence-corrected chi connectivity index (χ2v) is 4.33. The van der Waals surface area contributed by atoms with Crippen molar-refractivity contribution in [2.75, 3.05) is 13.1 Å². The highest BCUT2D eigenvalue weighted by molar-refractivity contribution is 5.16. The summed E-state index contributed by atoms with van der Waals surface area (Å²) in [6.45, 7) is 2.70. The van der Waals surface area contributed by atoms with Crippen molar-refractivity contribution >= 4 is 0 Å². The van der Waals surface area contributed by atoms with E-state index in [4.69, 9.17) is 5.26 Å². The normalized spacial score (nSPS) is 21.6. The van der Waals surface area contributed by atoms with Gasteiger partial charge in [-0.25, -0.2) is 4.39 Å². The summed E-state index contributed by atoms with van der Waals surface area (Å²) in [5.74, 6) is -0.0357. The van der Waals surface area contributed by atoms with Gasteiger partial charge in [-0.2, -0.15) is 5.26 Å². The predicted octanol–water partition coefficient (Wildman–Crippen LogP) is 2.56. The summed E-state index contributed by atoms with van der Waals surface area (Å²) in [5, 5.41) is 8.89. The Labute approximate surface area is 95.3 Å². The van der Waals surface area contributed by atoms with E-state index in [0.717, 1.165) is 38.0 Å². The molecule has 1 aliphatic heterocycles. The standard InChI is InChI=1S/C13H15FN2/c14-13-5-3-11(4-6-13)9-16-7-1-2-12(8-15)10-16/h3-6,12H,1-2,7,9-10H2/t12-/m1/s1. The van der Waals surface area contributed by atoms with Gasteiger partial charge in [0.25, 0.3) is 0 Å². The van der Waals surface area contributed by atoms with Crippen LogP contribution in [-0.4, -0.2) is 18.0 Å². The monoisotopic (exact) mass is 218 g/mol. The maximum absolute atomic E-state index is 12.7. The maximum Gasteiger partial charge on any atom is 0.123 e. The average Bonchev–Trinajstić information content (AvgIpc) is 2.32. The molecule has 0 aliphatic carbocycles. The van der Waals surface area contributed by atoms with Crippen molar-refractivity contribution in [3.63, 3.8) is 0 Å². The fourth-order valence-electron chi connectivity index (χ4n) is 2.15. The summed E-state index contributed by atoms with van der Waals surface area (Å²) < 4.78 is 12.7. The van der Waals surface area contributed by atoms with E-state index in [-0.39, 0.29) is 11.7 Å². The van der Waals surface area contributed by atoms with Crippen LogP contribution >= 0.6 is 0 Å². The molecule has 1 aromatic carbocycles. The Morgan fingerprint density at radius 3 is 2.81 bits per heavy atom. The highest BCUT2D eigenvalue weighted by Gasteiger charge is 2.19. The lowest BCUT2D eigenvalue weighted by Crippen LogP contribution is -2.34. The molecule has 16 heavy (non-hydrogen) atoms. The lowest BCUT2D eigenvalue weighted by atomic mass is 9.99. The zero-order valence-electron chi connectivity index (χ0n) is 9.19. The van der Waals surface area contributed by atoms with Crippen LogP contribution in [0.3, 0.4) is 0 Å². The third-order valence-electron chi connectivity index (χ3n) is 3.01. The molecule has 2 rings (SSSR count). The van der Waals surface area contributed by atoms with Gasteiger partial charge in [-0.3, -0.25) is 4.90 Å². The number of nitriles is 1. The lowest BCUT2D eigenvalue weighted by molar-refractivity contribution is 0.192. The molecule has 1 aromatic rings. The van der Waals surface area contributed by atoms with Crippen LogP contribution in [0.4, 0.5) is 4.39 Å². The van der Waals surface area contributed by atoms with Crippen molar-refractivity contribution in [1.29, 1.82) is 5.26 Å². The van der Waals surface area contributed by atoms with Crippen molar-refractivity contribution in [3.8, 4) is 6.07 Å². The molecule has 1 fully saturated rings. The van der Waals surface area contributed by atoms with Gasteiger partial charge in [-0.15, -0.1) is 0 Å². The molecule has 0 bridgehead atoms. The van der Waals surface area contributed by atoms with Gasteiger partial charge in [0.05, 0.1) is 12.0 Å². The molecular weight excluding hydrogens is 203 g/mol. The van der Waals surface area contributed by atoms with E-state index in [2.05, 4.69) is 11.0 Å².